The molecule has 0 rings (SSSR count). The van der Waals surface area contributed by atoms with E-state index in [-0.39, 0.29) is 6.15 Å². The van der Waals surface area contributed by atoms with Crippen LogP contribution >= 0.6 is 0 Å². The third kappa shape index (κ3) is 6.13. The molecule has 1 unspecified atom stereocenters. The second kappa shape index (κ2) is 8.24. The second-order valence-corrected chi connectivity index (χ2v) is 6.27. The minimum atomic E-state index is -7.23. The van der Waals surface area contributed by atoms with E-state index in [1.54, 1.807) is 0 Å². The molecular formula is C10H15F10NO3S. The Bertz CT molecular complexity index is 520. The lowest BCUT2D eigenvalue weighted by Gasteiger charge is -2.35. The van der Waals surface area contributed by atoms with Gasteiger partial charge < -0.3 is 10.7 Å². The van der Waals surface area contributed by atoms with Crippen molar-refractivity contribution in [3.63, 3.8) is 0 Å². The fourth-order valence-corrected chi connectivity index (χ4v) is 2.00. The van der Waals surface area contributed by atoms with Gasteiger partial charge in [-0.3, -0.25) is 0 Å². The highest BCUT2D eigenvalue weighted by Gasteiger charge is 2.77. The molecule has 0 saturated carbocycles. The Kier molecular flexibility index (Phi) is 8.70. The molecule has 154 valence electrons. The van der Waals surface area contributed by atoms with E-state index < -0.39 is 71.7 Å². The summed E-state index contributed by atoms with van der Waals surface area (Å²) in [6.45, 7) is 0. The summed E-state index contributed by atoms with van der Waals surface area (Å²) in [5.41, 5.74) is 0. The Labute approximate surface area is 135 Å². The van der Waals surface area contributed by atoms with E-state index in [0.29, 0.717) is 0 Å². The van der Waals surface area contributed by atoms with E-state index in [1.807, 2.05) is 0 Å². The molecule has 0 aromatic rings. The van der Waals surface area contributed by atoms with E-state index in [1.165, 1.54) is 0 Å². The van der Waals surface area contributed by atoms with Gasteiger partial charge >= 0.3 is 23.3 Å². The fourth-order valence-electron chi connectivity index (χ4n) is 1.55. The Balaban J connectivity index is 0. The second-order valence-electron chi connectivity index (χ2n) is 4.85. The lowest BCUT2D eigenvalue weighted by molar-refractivity contribution is -0.300. The van der Waals surface area contributed by atoms with Crippen molar-refractivity contribution in [3.8, 4) is 0 Å². The van der Waals surface area contributed by atoms with E-state index in [4.69, 9.17) is 0 Å². The first-order valence-corrected chi connectivity index (χ1v) is 7.58. The van der Waals surface area contributed by atoms with Gasteiger partial charge in [0.05, 0.1) is 0 Å². The minimum absolute atomic E-state index is 0. The molecule has 0 aliphatic heterocycles. The smallest absolute Gasteiger partial charge is 0.402 e. The summed E-state index contributed by atoms with van der Waals surface area (Å²) >= 11 is 0. The SMILES string of the molecule is O=S(=O)([O-])C(F)(F)C(F)(F)C(F)(F)C(F)CCCCCC(F)(F)F.[NH4+]. The monoisotopic (exact) mass is 419 g/mol. The number of hydrogen-bond acceptors (Lipinski definition) is 3. The van der Waals surface area contributed by atoms with Gasteiger partial charge in [0.25, 0.3) is 0 Å². The number of rotatable bonds is 9. The molecule has 25 heavy (non-hydrogen) atoms. The first-order valence-electron chi connectivity index (χ1n) is 6.17. The highest BCUT2D eigenvalue weighted by Crippen LogP contribution is 2.50. The maximum atomic E-state index is 13.2. The predicted molar refractivity (Wildman–Crippen MR) is 64.6 cm³/mol. The van der Waals surface area contributed by atoms with Gasteiger partial charge in [0, 0.05) is 6.42 Å². The Morgan fingerprint density at radius 2 is 1.28 bits per heavy atom. The molecule has 0 bridgehead atoms. The molecule has 15 heteroatoms. The van der Waals surface area contributed by atoms with Crippen LogP contribution in [0.2, 0.25) is 0 Å². The molecule has 0 amide bonds. The molecule has 0 aliphatic carbocycles. The largest absolute Gasteiger partial charge is 0.743 e. The third-order valence-corrected chi connectivity index (χ3v) is 3.79. The van der Waals surface area contributed by atoms with Gasteiger partial charge in [-0.05, 0) is 12.8 Å². The number of halogens is 10. The molecule has 1 atom stereocenters. The first-order chi connectivity index (χ1) is 10.4. The van der Waals surface area contributed by atoms with Crippen molar-refractivity contribution >= 4 is 10.1 Å². The van der Waals surface area contributed by atoms with Crippen LogP contribution in [0.3, 0.4) is 0 Å². The Morgan fingerprint density at radius 3 is 1.64 bits per heavy atom. The van der Waals surface area contributed by atoms with Crippen molar-refractivity contribution in [2.45, 2.75) is 61.6 Å². The van der Waals surface area contributed by atoms with Gasteiger partial charge in [0.2, 0.25) is 0 Å². The highest BCUT2D eigenvalue weighted by atomic mass is 32.2. The summed E-state index contributed by atoms with van der Waals surface area (Å²) in [7, 11) is -7.23. The highest BCUT2D eigenvalue weighted by molar-refractivity contribution is 7.86. The number of hydrogen-bond donors (Lipinski definition) is 1. The van der Waals surface area contributed by atoms with Crippen LogP contribution in [0.4, 0.5) is 43.9 Å². The zero-order chi connectivity index (χ0) is 19.6. The summed E-state index contributed by atoms with van der Waals surface area (Å²) in [6, 6.07) is 0. The molecule has 0 aromatic heterocycles. The van der Waals surface area contributed by atoms with Crippen LogP contribution in [0.15, 0.2) is 0 Å². The van der Waals surface area contributed by atoms with Crippen LogP contribution in [-0.2, 0) is 10.1 Å². The lowest BCUT2D eigenvalue weighted by Crippen LogP contribution is -2.61. The van der Waals surface area contributed by atoms with Crippen molar-refractivity contribution in [2.75, 3.05) is 0 Å². The van der Waals surface area contributed by atoms with Crippen LogP contribution in [0.25, 0.3) is 0 Å². The van der Waals surface area contributed by atoms with Crippen LogP contribution in [0.1, 0.15) is 32.1 Å². The van der Waals surface area contributed by atoms with Crippen LogP contribution in [0, 0.1) is 0 Å². The Morgan fingerprint density at radius 1 is 0.840 bits per heavy atom. The zero-order valence-electron chi connectivity index (χ0n) is 12.5. The van der Waals surface area contributed by atoms with Gasteiger partial charge in [-0.15, -0.1) is 0 Å². The predicted octanol–water partition coefficient (Wildman–Crippen LogP) is 4.62. The zero-order valence-corrected chi connectivity index (χ0v) is 13.3. The number of unbranched alkanes of at least 4 members (excludes halogenated alkanes) is 2. The molecular weight excluding hydrogens is 404 g/mol. The van der Waals surface area contributed by atoms with Crippen molar-refractivity contribution in [2.24, 2.45) is 0 Å². The molecule has 0 heterocycles. The topological polar surface area (TPSA) is 93.7 Å². The number of alkyl halides is 10. The molecule has 0 saturated heterocycles. The van der Waals surface area contributed by atoms with E-state index in [0.717, 1.165) is 0 Å². The van der Waals surface area contributed by atoms with E-state index in [2.05, 4.69) is 0 Å². The normalized spacial score (nSPS) is 15.6. The van der Waals surface area contributed by atoms with Crippen LogP contribution in [-0.4, -0.2) is 42.4 Å². The average Bonchev–Trinajstić information content (AvgIpc) is 2.34. The standard InChI is InChI=1S/C10H12F10O3S.H3N/c11-6(4-2-1-3-5-7(12,13)14)8(15,16)9(17,18)10(19,20)24(21,22)23;/h6H,1-5H2,(H,21,22,23);1H3. The van der Waals surface area contributed by atoms with Gasteiger partial charge in [-0.25, -0.2) is 12.8 Å². The third-order valence-electron chi connectivity index (χ3n) is 2.91. The van der Waals surface area contributed by atoms with Gasteiger partial charge in [0.1, 0.15) is 0 Å². The number of quaternary nitrogens is 1. The first kappa shape index (κ1) is 26.4. The summed E-state index contributed by atoms with van der Waals surface area (Å²) in [6.07, 6.45) is -13.4. The minimum Gasteiger partial charge on any atom is -0.743 e. The molecule has 0 fully saturated rings. The summed E-state index contributed by atoms with van der Waals surface area (Å²) in [4.78, 5) is 0. The van der Waals surface area contributed by atoms with Crippen molar-refractivity contribution in [3.05, 3.63) is 0 Å². The summed E-state index contributed by atoms with van der Waals surface area (Å²) in [5.74, 6) is -13.1. The summed E-state index contributed by atoms with van der Waals surface area (Å²) < 4.78 is 156. The Hall–Kier alpha value is -0.830. The fraction of sp³-hybridized carbons (Fsp3) is 1.00. The molecule has 0 radical (unpaired) electrons. The maximum absolute atomic E-state index is 13.2. The van der Waals surface area contributed by atoms with E-state index in [9.17, 15) is 56.9 Å². The molecule has 4 nitrogen and oxygen atoms in total. The van der Waals surface area contributed by atoms with E-state index >= 15 is 0 Å². The maximum Gasteiger partial charge on any atom is 0.402 e. The molecule has 0 aliphatic rings. The van der Waals surface area contributed by atoms with Crippen molar-refractivity contribution in [1.82, 2.24) is 6.15 Å². The van der Waals surface area contributed by atoms with Crippen LogP contribution < -0.4 is 6.15 Å². The quantitative estimate of drug-likeness (QED) is 0.336. The average molecular weight is 419 g/mol. The van der Waals surface area contributed by atoms with Crippen molar-refractivity contribution < 1.29 is 56.9 Å². The summed E-state index contributed by atoms with van der Waals surface area (Å²) in [5, 5.41) is -6.77. The van der Waals surface area contributed by atoms with Gasteiger partial charge in [-0.2, -0.15) is 39.5 Å². The van der Waals surface area contributed by atoms with Gasteiger partial charge in [-0.1, -0.05) is 12.8 Å². The van der Waals surface area contributed by atoms with Gasteiger partial charge in [0.15, 0.2) is 16.3 Å². The molecule has 4 N–H and O–H groups in total. The van der Waals surface area contributed by atoms with Crippen LogP contribution in [0.5, 0.6) is 0 Å². The van der Waals surface area contributed by atoms with Crippen molar-refractivity contribution in [1.29, 1.82) is 0 Å². The lowest BCUT2D eigenvalue weighted by atomic mass is 10.0. The molecule has 0 spiro atoms. The molecule has 0 aromatic carbocycles.